The van der Waals surface area contributed by atoms with Crippen LogP contribution in [-0.4, -0.2) is 37.4 Å². The van der Waals surface area contributed by atoms with E-state index in [2.05, 4.69) is 20.1 Å². The summed E-state index contributed by atoms with van der Waals surface area (Å²) < 4.78 is 5.29. The summed E-state index contributed by atoms with van der Waals surface area (Å²) in [6.45, 7) is 0. The maximum absolute atomic E-state index is 6.07. The molecule has 0 bridgehead atoms. The number of aromatic amines is 1. The van der Waals surface area contributed by atoms with Crippen molar-refractivity contribution in [2.45, 2.75) is 17.7 Å². The number of thioether (sulfide) groups is 2. The molecule has 0 radical (unpaired) electrons. The Labute approximate surface area is 119 Å². The number of nitrogens with one attached hydrogen (secondary N) is 1. The first-order valence-electron chi connectivity index (χ1n) is 6.08. The number of nitrogens with zero attached hydrogens (tertiary/aromatic N) is 3. The van der Waals surface area contributed by atoms with Gasteiger partial charge in [0.2, 0.25) is 5.89 Å². The Morgan fingerprint density at radius 3 is 3.21 bits per heavy atom. The molecular weight excluding hydrogens is 282 g/mol. The molecular formula is C11H15N5OS2. The average molecular weight is 297 g/mol. The molecule has 1 saturated heterocycles. The van der Waals surface area contributed by atoms with E-state index in [0.717, 1.165) is 23.0 Å². The summed E-state index contributed by atoms with van der Waals surface area (Å²) in [4.78, 5) is 11.4. The van der Waals surface area contributed by atoms with E-state index in [0.29, 0.717) is 17.6 Å². The number of nitrogens with two attached hydrogens (primary N) is 1. The number of imidazole rings is 1. The number of rotatable bonds is 4. The van der Waals surface area contributed by atoms with Gasteiger partial charge in [-0.2, -0.15) is 16.7 Å². The Morgan fingerprint density at radius 2 is 2.47 bits per heavy atom. The Hall–Kier alpha value is -0.990. The van der Waals surface area contributed by atoms with Gasteiger partial charge in [-0.15, -0.1) is 11.8 Å². The minimum atomic E-state index is -0.289. The van der Waals surface area contributed by atoms with Gasteiger partial charge >= 0.3 is 0 Å². The topological polar surface area (TPSA) is 93.6 Å². The van der Waals surface area contributed by atoms with E-state index in [1.54, 1.807) is 12.5 Å². The van der Waals surface area contributed by atoms with E-state index in [1.807, 2.05) is 23.5 Å². The molecule has 3 N–H and O–H groups in total. The molecule has 0 aromatic carbocycles. The molecule has 0 saturated carbocycles. The number of hydrogen-bond donors (Lipinski definition) is 2. The molecule has 2 aromatic rings. The van der Waals surface area contributed by atoms with Crippen molar-refractivity contribution in [3.8, 4) is 0 Å². The quantitative estimate of drug-likeness (QED) is 0.884. The van der Waals surface area contributed by atoms with E-state index in [9.17, 15) is 0 Å². The van der Waals surface area contributed by atoms with Crippen molar-refractivity contribution in [3.05, 3.63) is 29.9 Å². The van der Waals surface area contributed by atoms with E-state index >= 15 is 0 Å². The molecule has 2 aromatic heterocycles. The summed E-state index contributed by atoms with van der Waals surface area (Å²) in [6.07, 6.45) is 4.01. The summed E-state index contributed by atoms with van der Waals surface area (Å²) in [5, 5.41) is 4.39. The molecule has 0 amide bonds. The standard InChI is InChI=1S/C11H15N5OS2/c12-8(3-7-4-13-6-14-7)11-15-10(16-17-11)9-5-18-1-2-19-9/h4,6,8-9H,1-3,5,12H2,(H,13,14)/t8-,9?/m1/s1. The van der Waals surface area contributed by atoms with Crippen molar-refractivity contribution in [1.82, 2.24) is 20.1 Å². The second-order valence-corrected chi connectivity index (χ2v) is 6.77. The van der Waals surface area contributed by atoms with Gasteiger partial charge in [-0.25, -0.2) is 4.98 Å². The van der Waals surface area contributed by atoms with Gasteiger partial charge in [0.15, 0.2) is 5.82 Å². The predicted molar refractivity (Wildman–Crippen MR) is 76.0 cm³/mol. The molecule has 19 heavy (non-hydrogen) atoms. The Morgan fingerprint density at radius 1 is 1.53 bits per heavy atom. The Bertz CT molecular complexity index is 509. The number of aromatic nitrogens is 4. The average Bonchev–Trinajstić information content (AvgIpc) is 3.10. The first-order valence-corrected chi connectivity index (χ1v) is 8.29. The fraction of sp³-hybridized carbons (Fsp3) is 0.545. The molecule has 0 aliphatic carbocycles. The van der Waals surface area contributed by atoms with Crippen LogP contribution in [0.15, 0.2) is 17.0 Å². The van der Waals surface area contributed by atoms with Gasteiger partial charge in [0.05, 0.1) is 17.6 Å². The van der Waals surface area contributed by atoms with E-state index in [4.69, 9.17) is 10.3 Å². The first-order chi connectivity index (χ1) is 9.33. The highest BCUT2D eigenvalue weighted by Gasteiger charge is 2.23. The van der Waals surface area contributed by atoms with Gasteiger partial charge in [-0.1, -0.05) is 5.16 Å². The molecule has 3 heterocycles. The van der Waals surface area contributed by atoms with E-state index in [-0.39, 0.29) is 6.04 Å². The lowest BCUT2D eigenvalue weighted by molar-refractivity contribution is 0.349. The zero-order valence-electron chi connectivity index (χ0n) is 10.3. The van der Waals surface area contributed by atoms with Crippen LogP contribution in [0.5, 0.6) is 0 Å². The first kappa shape index (κ1) is 13.0. The van der Waals surface area contributed by atoms with Gasteiger partial charge in [0.25, 0.3) is 0 Å². The van der Waals surface area contributed by atoms with Crippen molar-refractivity contribution in [1.29, 1.82) is 0 Å². The fourth-order valence-electron chi connectivity index (χ4n) is 1.89. The SMILES string of the molecule is N[C@H](Cc1cnc[nH]1)c1nc(C2CSCCS2)no1. The van der Waals surface area contributed by atoms with Gasteiger partial charge in [-0.3, -0.25) is 0 Å². The zero-order chi connectivity index (χ0) is 13.1. The second kappa shape index (κ2) is 5.98. The lowest BCUT2D eigenvalue weighted by Crippen LogP contribution is -2.14. The highest BCUT2D eigenvalue weighted by atomic mass is 32.2. The van der Waals surface area contributed by atoms with Crippen LogP contribution in [0.3, 0.4) is 0 Å². The summed E-state index contributed by atoms with van der Waals surface area (Å²) in [7, 11) is 0. The lowest BCUT2D eigenvalue weighted by atomic mass is 10.2. The number of hydrogen-bond acceptors (Lipinski definition) is 7. The summed E-state index contributed by atoms with van der Waals surface area (Å²) in [5.74, 6) is 4.65. The highest BCUT2D eigenvalue weighted by molar-refractivity contribution is 8.06. The maximum atomic E-state index is 6.07. The molecule has 1 aliphatic heterocycles. The Balaban J connectivity index is 1.66. The van der Waals surface area contributed by atoms with E-state index in [1.165, 1.54) is 5.75 Å². The van der Waals surface area contributed by atoms with Gasteiger partial charge in [0, 0.05) is 35.6 Å². The smallest absolute Gasteiger partial charge is 0.243 e. The summed E-state index contributed by atoms with van der Waals surface area (Å²) >= 11 is 3.82. The fourth-order valence-corrected chi connectivity index (χ4v) is 4.48. The van der Waals surface area contributed by atoms with Crippen molar-refractivity contribution in [3.63, 3.8) is 0 Å². The van der Waals surface area contributed by atoms with Crippen LogP contribution >= 0.6 is 23.5 Å². The summed E-state index contributed by atoms with van der Waals surface area (Å²) in [6, 6.07) is -0.289. The van der Waals surface area contributed by atoms with Gasteiger partial charge in [-0.05, 0) is 0 Å². The lowest BCUT2D eigenvalue weighted by Gasteiger charge is -2.17. The zero-order valence-corrected chi connectivity index (χ0v) is 11.9. The third-order valence-corrected chi connectivity index (χ3v) is 5.62. The molecule has 1 fully saturated rings. The molecule has 3 rings (SSSR count). The summed E-state index contributed by atoms with van der Waals surface area (Å²) in [5.41, 5.74) is 7.04. The third-order valence-electron chi connectivity index (χ3n) is 2.87. The van der Waals surface area contributed by atoms with E-state index < -0.39 is 0 Å². The van der Waals surface area contributed by atoms with Crippen LogP contribution in [0.1, 0.15) is 28.7 Å². The van der Waals surface area contributed by atoms with Crippen molar-refractivity contribution < 1.29 is 4.52 Å². The maximum Gasteiger partial charge on any atom is 0.243 e. The van der Waals surface area contributed by atoms with Gasteiger partial charge in [0.1, 0.15) is 0 Å². The number of H-pyrrole nitrogens is 1. The van der Waals surface area contributed by atoms with Crippen LogP contribution in [0.25, 0.3) is 0 Å². The molecule has 6 nitrogen and oxygen atoms in total. The predicted octanol–water partition coefficient (Wildman–Crippen LogP) is 1.56. The molecule has 1 aliphatic rings. The minimum absolute atomic E-state index is 0.289. The molecule has 102 valence electrons. The van der Waals surface area contributed by atoms with Crippen molar-refractivity contribution >= 4 is 23.5 Å². The van der Waals surface area contributed by atoms with Crippen LogP contribution in [0.4, 0.5) is 0 Å². The molecule has 1 unspecified atom stereocenters. The third kappa shape index (κ3) is 3.13. The van der Waals surface area contributed by atoms with Crippen LogP contribution < -0.4 is 5.73 Å². The second-order valence-electron chi connectivity index (χ2n) is 4.31. The Kier molecular flexibility index (Phi) is 4.09. The van der Waals surface area contributed by atoms with Crippen molar-refractivity contribution in [2.75, 3.05) is 17.3 Å². The largest absolute Gasteiger partial charge is 0.348 e. The van der Waals surface area contributed by atoms with Crippen molar-refractivity contribution in [2.24, 2.45) is 5.73 Å². The van der Waals surface area contributed by atoms with Gasteiger partial charge < -0.3 is 15.2 Å². The van der Waals surface area contributed by atoms with Crippen LogP contribution in [0.2, 0.25) is 0 Å². The van der Waals surface area contributed by atoms with Crippen LogP contribution in [0, 0.1) is 0 Å². The minimum Gasteiger partial charge on any atom is -0.348 e. The highest BCUT2D eigenvalue weighted by Crippen LogP contribution is 2.35. The van der Waals surface area contributed by atoms with Crippen LogP contribution in [-0.2, 0) is 6.42 Å². The molecule has 2 atom stereocenters. The normalized spacial score (nSPS) is 21.4. The molecule has 8 heteroatoms. The monoisotopic (exact) mass is 297 g/mol. The molecule has 0 spiro atoms.